The maximum absolute atomic E-state index is 15.4. The van der Waals surface area contributed by atoms with Gasteiger partial charge in [0.2, 0.25) is 0 Å². The van der Waals surface area contributed by atoms with Crippen molar-refractivity contribution in [3.8, 4) is 12.1 Å². The van der Waals surface area contributed by atoms with E-state index in [1.54, 1.807) is 17.1 Å². The molecule has 3 aromatic rings. The van der Waals surface area contributed by atoms with Crippen molar-refractivity contribution in [1.82, 2.24) is 21.0 Å². The highest BCUT2D eigenvalue weighted by Gasteiger charge is 2.50. The zero-order chi connectivity index (χ0) is 27.1. The van der Waals surface area contributed by atoms with Crippen LogP contribution in [-0.4, -0.2) is 22.1 Å². The van der Waals surface area contributed by atoms with Crippen LogP contribution < -0.4 is 21.6 Å². The number of pyridine rings is 1. The Balaban J connectivity index is 1.57. The van der Waals surface area contributed by atoms with Crippen LogP contribution >= 0.6 is 11.6 Å². The molecular weight excluding hydrogens is 503 g/mol. The highest BCUT2D eigenvalue weighted by atomic mass is 35.5. The van der Waals surface area contributed by atoms with E-state index in [0.717, 1.165) is 24.1 Å². The molecule has 0 radical (unpaired) electrons. The molecule has 0 bridgehead atoms. The lowest BCUT2D eigenvalue weighted by atomic mass is 9.96. The highest BCUT2D eigenvalue weighted by molar-refractivity contribution is 6.31. The second-order valence-electron chi connectivity index (χ2n) is 10.9. The normalized spacial score (nSPS) is 16.7. The van der Waals surface area contributed by atoms with Crippen molar-refractivity contribution in [1.29, 1.82) is 10.5 Å². The third kappa shape index (κ3) is 4.91. The van der Waals surface area contributed by atoms with Crippen molar-refractivity contribution >= 4 is 33.9 Å². The molecule has 1 aliphatic heterocycles. The molecule has 0 saturated heterocycles. The van der Waals surface area contributed by atoms with Gasteiger partial charge in [-0.05, 0) is 42.0 Å². The molecule has 0 unspecified atom stereocenters. The van der Waals surface area contributed by atoms with Crippen LogP contribution in [0, 0.1) is 33.9 Å². The summed E-state index contributed by atoms with van der Waals surface area (Å²) in [4.78, 5) is 4.22. The molecule has 1 atom stereocenters. The molecule has 4 N–H and O–H groups in total. The van der Waals surface area contributed by atoms with Crippen molar-refractivity contribution in [2.45, 2.75) is 45.2 Å². The Bertz CT molecular complexity index is 1510. The molecule has 1 saturated carbocycles. The lowest BCUT2D eigenvalue weighted by molar-refractivity contribution is 0.217. The van der Waals surface area contributed by atoms with Gasteiger partial charge in [0.15, 0.2) is 5.82 Å². The summed E-state index contributed by atoms with van der Waals surface area (Å²) >= 11 is 6.59. The summed E-state index contributed by atoms with van der Waals surface area (Å²) in [5.74, 6) is -0.513. The van der Waals surface area contributed by atoms with Crippen LogP contribution in [0.15, 0.2) is 54.5 Å². The number of hydrogen-bond acceptors (Lipinski definition) is 8. The number of nitriles is 2. The predicted octanol–water partition coefficient (Wildman–Crippen LogP) is 5.73. The molecule has 1 aromatic heterocycles. The fraction of sp³-hybridized carbons (Fsp3) is 0.321. The largest absolute Gasteiger partial charge is 0.383 e. The molecule has 8 nitrogen and oxygen atoms in total. The highest BCUT2D eigenvalue weighted by Crippen LogP contribution is 2.42. The maximum Gasteiger partial charge on any atom is 0.151 e. The number of hydrazine groups is 2. The Labute approximate surface area is 226 Å². The molecule has 2 aromatic carbocycles. The van der Waals surface area contributed by atoms with Gasteiger partial charge in [0.1, 0.15) is 17.1 Å². The van der Waals surface area contributed by atoms with Gasteiger partial charge in [0.05, 0.1) is 29.1 Å². The maximum atomic E-state index is 15.4. The molecule has 10 heteroatoms. The fourth-order valence-electron chi connectivity index (χ4n) is 4.40. The minimum absolute atomic E-state index is 0.0618. The molecule has 0 spiro atoms. The van der Waals surface area contributed by atoms with Crippen LogP contribution in [0.3, 0.4) is 0 Å². The van der Waals surface area contributed by atoms with Gasteiger partial charge in [-0.3, -0.25) is 9.99 Å². The van der Waals surface area contributed by atoms with Crippen LogP contribution in [0.1, 0.15) is 50.8 Å². The van der Waals surface area contributed by atoms with Gasteiger partial charge >= 0.3 is 0 Å². The van der Waals surface area contributed by atoms with Gasteiger partial charge in [-0.15, -0.1) is 5.53 Å². The minimum Gasteiger partial charge on any atom is -0.383 e. The first-order valence-electron chi connectivity index (χ1n) is 12.4. The van der Waals surface area contributed by atoms with E-state index in [9.17, 15) is 10.5 Å². The van der Waals surface area contributed by atoms with E-state index in [1.807, 2.05) is 24.4 Å². The van der Waals surface area contributed by atoms with E-state index in [1.165, 1.54) is 12.3 Å². The lowest BCUT2D eigenvalue weighted by Gasteiger charge is -2.24. The Morgan fingerprint density at radius 2 is 2.00 bits per heavy atom. The molecule has 1 fully saturated rings. The van der Waals surface area contributed by atoms with Crippen molar-refractivity contribution in [3.63, 3.8) is 0 Å². The first-order chi connectivity index (χ1) is 18.1. The van der Waals surface area contributed by atoms with E-state index >= 15 is 4.39 Å². The van der Waals surface area contributed by atoms with E-state index in [0.29, 0.717) is 33.9 Å². The summed E-state index contributed by atoms with van der Waals surface area (Å²) < 4.78 is 15.4. The van der Waals surface area contributed by atoms with E-state index in [4.69, 9.17) is 11.6 Å². The van der Waals surface area contributed by atoms with E-state index < -0.39 is 17.4 Å². The van der Waals surface area contributed by atoms with Gasteiger partial charge in [-0.25, -0.2) is 4.39 Å². The van der Waals surface area contributed by atoms with Crippen LogP contribution in [0.5, 0.6) is 0 Å². The molecule has 38 heavy (non-hydrogen) atoms. The quantitative estimate of drug-likeness (QED) is 0.306. The summed E-state index contributed by atoms with van der Waals surface area (Å²) in [5.41, 5.74) is 8.61. The SMILES string of the molecule is CC(C)(C)CNc1c(C#N)cnc2c(F)cc(N[C@H](C3=CN(C4(C#N)CC4)NN3)c3ccccc3Cl)cc12. The van der Waals surface area contributed by atoms with Crippen molar-refractivity contribution in [2.24, 2.45) is 5.41 Å². The third-order valence-corrected chi connectivity index (χ3v) is 7.00. The predicted molar refractivity (Wildman–Crippen MR) is 146 cm³/mol. The Morgan fingerprint density at radius 1 is 1.24 bits per heavy atom. The number of fused-ring (bicyclic) bond motifs is 1. The summed E-state index contributed by atoms with van der Waals surface area (Å²) in [6.45, 7) is 6.82. The summed E-state index contributed by atoms with van der Waals surface area (Å²) in [5, 5.41) is 28.9. The second-order valence-corrected chi connectivity index (χ2v) is 11.3. The number of rotatable bonds is 7. The number of hydrogen-bond donors (Lipinski definition) is 4. The summed E-state index contributed by atoms with van der Waals surface area (Å²) in [7, 11) is 0. The van der Waals surface area contributed by atoms with Gasteiger partial charge in [-0.2, -0.15) is 10.5 Å². The Hall–Kier alpha value is -4.05. The zero-order valence-electron chi connectivity index (χ0n) is 21.4. The van der Waals surface area contributed by atoms with E-state index in [-0.39, 0.29) is 10.9 Å². The molecule has 2 aliphatic rings. The van der Waals surface area contributed by atoms with Crippen LogP contribution in [0.25, 0.3) is 10.9 Å². The van der Waals surface area contributed by atoms with Crippen LogP contribution in [0.2, 0.25) is 5.02 Å². The van der Waals surface area contributed by atoms with Crippen LogP contribution in [-0.2, 0) is 0 Å². The van der Waals surface area contributed by atoms with Crippen molar-refractivity contribution < 1.29 is 4.39 Å². The fourth-order valence-corrected chi connectivity index (χ4v) is 4.65. The number of nitrogens with one attached hydrogen (secondary N) is 4. The average Bonchev–Trinajstić information content (AvgIpc) is 3.53. The lowest BCUT2D eigenvalue weighted by Crippen LogP contribution is -2.44. The third-order valence-electron chi connectivity index (χ3n) is 6.66. The number of anilines is 2. The topological polar surface area (TPSA) is 112 Å². The zero-order valence-corrected chi connectivity index (χ0v) is 22.1. The van der Waals surface area contributed by atoms with E-state index in [2.05, 4.69) is 59.5 Å². The number of nitrogens with zero attached hydrogens (tertiary/aromatic N) is 4. The minimum atomic E-state index is -0.582. The second kappa shape index (κ2) is 9.68. The number of benzene rings is 2. The molecule has 1 aliphatic carbocycles. The summed E-state index contributed by atoms with van der Waals surface area (Å²) in [6, 6.07) is 14.6. The van der Waals surface area contributed by atoms with Crippen molar-refractivity contribution in [3.05, 3.63) is 76.5 Å². The molecule has 0 amide bonds. The van der Waals surface area contributed by atoms with Gasteiger partial charge < -0.3 is 16.1 Å². The van der Waals surface area contributed by atoms with Crippen LogP contribution in [0.4, 0.5) is 15.8 Å². The first kappa shape index (κ1) is 25.6. The molecular formula is C28H28ClFN8. The molecule has 5 rings (SSSR count). The number of aromatic nitrogens is 1. The number of halogens is 2. The molecule has 194 valence electrons. The first-order valence-corrected chi connectivity index (χ1v) is 12.7. The average molecular weight is 531 g/mol. The van der Waals surface area contributed by atoms with Gasteiger partial charge in [0.25, 0.3) is 0 Å². The van der Waals surface area contributed by atoms with Gasteiger partial charge in [0, 0.05) is 35.0 Å². The summed E-state index contributed by atoms with van der Waals surface area (Å²) in [6.07, 6.45) is 4.77. The van der Waals surface area contributed by atoms with Crippen molar-refractivity contribution in [2.75, 3.05) is 17.2 Å². The smallest absolute Gasteiger partial charge is 0.151 e. The van der Waals surface area contributed by atoms with Gasteiger partial charge in [-0.1, -0.05) is 50.6 Å². The Morgan fingerprint density at radius 3 is 2.66 bits per heavy atom. The molecule has 2 heterocycles. The Kier molecular flexibility index (Phi) is 6.52. The standard InChI is InChI=1S/C28H28ClFN8/c1-27(2,3)16-34-24-17(12-31)13-33-25-20(24)10-18(11-22(25)30)35-26(19-6-4-5-7-21(19)29)23-14-38(37-36-23)28(15-32)8-9-28/h4-7,10-11,13-14,26,35-37H,8-9,16H2,1-3H3,(H,33,34)/t26-/m0/s1. The monoisotopic (exact) mass is 530 g/mol.